The maximum absolute atomic E-state index is 12.6. The molecule has 0 atom stereocenters. The van der Waals surface area contributed by atoms with E-state index in [1.54, 1.807) is 15.9 Å². The molecular weight excluding hydrogens is 296 g/mol. The fourth-order valence-corrected chi connectivity index (χ4v) is 2.57. The highest BCUT2D eigenvalue weighted by molar-refractivity contribution is 5.94. The van der Waals surface area contributed by atoms with Crippen molar-refractivity contribution in [3.8, 4) is 5.75 Å². The zero-order valence-electron chi connectivity index (χ0n) is 14.2. The molecule has 2 rings (SSSR count). The first-order valence-corrected chi connectivity index (χ1v) is 7.82. The molecule has 6 heteroatoms. The van der Waals surface area contributed by atoms with Crippen LogP contribution in [0.5, 0.6) is 5.75 Å². The maximum atomic E-state index is 12.6. The summed E-state index contributed by atoms with van der Waals surface area (Å²) in [5, 5.41) is 0. The number of ether oxygens (including phenoxy) is 2. The molecule has 6 nitrogen and oxygen atoms in total. The number of carbonyl (C=O) groups is 2. The van der Waals surface area contributed by atoms with Gasteiger partial charge in [0, 0.05) is 31.7 Å². The molecule has 1 aromatic carbocycles. The average Bonchev–Trinajstić information content (AvgIpc) is 2.55. The van der Waals surface area contributed by atoms with Crippen molar-refractivity contribution < 1.29 is 19.1 Å². The zero-order chi connectivity index (χ0) is 17.0. The summed E-state index contributed by atoms with van der Waals surface area (Å²) < 4.78 is 10.4. The number of piperazine rings is 1. The van der Waals surface area contributed by atoms with Gasteiger partial charge in [-0.15, -0.1) is 0 Å². The number of benzene rings is 1. The van der Waals surface area contributed by atoms with Crippen molar-refractivity contribution in [3.63, 3.8) is 0 Å². The highest BCUT2D eigenvalue weighted by Gasteiger charge is 2.25. The summed E-state index contributed by atoms with van der Waals surface area (Å²) in [5.41, 5.74) is 1.59. The summed E-state index contributed by atoms with van der Waals surface area (Å²) in [5.74, 6) is 0.778. The standard InChI is InChI=1S/C17H24N2O4/c1-12(2)23-15-6-5-14(11-13(15)3)16(20)18-7-9-19(10-8-18)17(21)22-4/h5-6,11-12H,7-10H2,1-4H3. The summed E-state index contributed by atoms with van der Waals surface area (Å²) in [6.07, 6.45) is -0.246. The molecule has 0 N–H and O–H groups in total. The largest absolute Gasteiger partial charge is 0.491 e. The Morgan fingerprint density at radius 1 is 1.09 bits per heavy atom. The summed E-state index contributed by atoms with van der Waals surface area (Å²) in [6.45, 7) is 7.88. The molecule has 1 fully saturated rings. The van der Waals surface area contributed by atoms with E-state index in [1.807, 2.05) is 32.9 Å². The number of hydrogen-bond acceptors (Lipinski definition) is 4. The van der Waals surface area contributed by atoms with E-state index in [4.69, 9.17) is 9.47 Å². The lowest BCUT2D eigenvalue weighted by Crippen LogP contribution is -2.50. The Kier molecular flexibility index (Phi) is 5.47. The molecule has 2 amide bonds. The van der Waals surface area contributed by atoms with E-state index in [9.17, 15) is 9.59 Å². The van der Waals surface area contributed by atoms with E-state index in [0.29, 0.717) is 31.7 Å². The lowest BCUT2D eigenvalue weighted by atomic mass is 10.1. The molecule has 1 heterocycles. The number of methoxy groups -OCH3 is 1. The van der Waals surface area contributed by atoms with Crippen molar-refractivity contribution in [3.05, 3.63) is 29.3 Å². The van der Waals surface area contributed by atoms with Crippen LogP contribution in [0.4, 0.5) is 4.79 Å². The van der Waals surface area contributed by atoms with Gasteiger partial charge in [0.2, 0.25) is 0 Å². The van der Waals surface area contributed by atoms with Gasteiger partial charge in [-0.25, -0.2) is 4.79 Å². The summed E-state index contributed by atoms with van der Waals surface area (Å²) in [7, 11) is 1.36. The van der Waals surface area contributed by atoms with Gasteiger partial charge in [0.15, 0.2) is 0 Å². The van der Waals surface area contributed by atoms with Crippen LogP contribution in [0.1, 0.15) is 29.8 Å². The van der Waals surface area contributed by atoms with E-state index in [0.717, 1.165) is 11.3 Å². The van der Waals surface area contributed by atoms with Gasteiger partial charge in [-0.2, -0.15) is 0 Å². The Bertz CT molecular complexity index is 578. The fourth-order valence-electron chi connectivity index (χ4n) is 2.57. The maximum Gasteiger partial charge on any atom is 0.409 e. The molecule has 1 aliphatic heterocycles. The van der Waals surface area contributed by atoms with E-state index in [-0.39, 0.29) is 18.1 Å². The molecule has 0 saturated carbocycles. The van der Waals surface area contributed by atoms with Gasteiger partial charge < -0.3 is 19.3 Å². The monoisotopic (exact) mass is 320 g/mol. The number of carbonyl (C=O) groups excluding carboxylic acids is 2. The first kappa shape index (κ1) is 17.1. The zero-order valence-corrected chi connectivity index (χ0v) is 14.2. The second kappa shape index (κ2) is 7.35. The van der Waals surface area contributed by atoms with Crippen LogP contribution in [0.25, 0.3) is 0 Å². The number of hydrogen-bond donors (Lipinski definition) is 0. The number of nitrogens with zero attached hydrogens (tertiary/aromatic N) is 2. The smallest absolute Gasteiger partial charge is 0.409 e. The van der Waals surface area contributed by atoms with Crippen molar-refractivity contribution >= 4 is 12.0 Å². The van der Waals surface area contributed by atoms with E-state index in [2.05, 4.69) is 0 Å². The highest BCUT2D eigenvalue weighted by Crippen LogP contribution is 2.21. The Balaban J connectivity index is 2.01. The van der Waals surface area contributed by atoms with Crippen molar-refractivity contribution in [1.29, 1.82) is 0 Å². The van der Waals surface area contributed by atoms with Gasteiger partial charge >= 0.3 is 6.09 Å². The van der Waals surface area contributed by atoms with Gasteiger partial charge in [-0.1, -0.05) is 0 Å². The number of amides is 2. The molecular formula is C17H24N2O4. The van der Waals surface area contributed by atoms with Crippen LogP contribution >= 0.6 is 0 Å². The average molecular weight is 320 g/mol. The summed E-state index contributed by atoms with van der Waals surface area (Å²) >= 11 is 0. The molecule has 1 aliphatic rings. The highest BCUT2D eigenvalue weighted by atomic mass is 16.5. The number of aryl methyl sites for hydroxylation is 1. The van der Waals surface area contributed by atoms with Crippen molar-refractivity contribution in [1.82, 2.24) is 9.80 Å². The van der Waals surface area contributed by atoms with Crippen LogP contribution in [0.15, 0.2) is 18.2 Å². The minimum Gasteiger partial charge on any atom is -0.491 e. The first-order chi connectivity index (χ1) is 10.9. The van der Waals surface area contributed by atoms with Gasteiger partial charge in [0.25, 0.3) is 5.91 Å². The van der Waals surface area contributed by atoms with Crippen LogP contribution in [0.2, 0.25) is 0 Å². The second-order valence-corrected chi connectivity index (χ2v) is 5.90. The van der Waals surface area contributed by atoms with Gasteiger partial charge in [0.05, 0.1) is 13.2 Å². The van der Waals surface area contributed by atoms with Crippen LogP contribution in [-0.4, -0.2) is 61.2 Å². The molecule has 0 bridgehead atoms. The fraction of sp³-hybridized carbons (Fsp3) is 0.529. The molecule has 1 saturated heterocycles. The van der Waals surface area contributed by atoms with Crippen LogP contribution in [-0.2, 0) is 4.74 Å². The summed E-state index contributed by atoms with van der Waals surface area (Å²) in [4.78, 5) is 27.4. The summed E-state index contributed by atoms with van der Waals surface area (Å²) in [6, 6.07) is 5.49. The van der Waals surface area contributed by atoms with Crippen LogP contribution in [0, 0.1) is 6.92 Å². The van der Waals surface area contributed by atoms with Gasteiger partial charge in [-0.05, 0) is 44.5 Å². The number of rotatable bonds is 3. The predicted octanol–water partition coefficient (Wildman–Crippen LogP) is 2.31. The molecule has 0 aliphatic carbocycles. The minimum absolute atomic E-state index is 0.0197. The quantitative estimate of drug-likeness (QED) is 0.857. The van der Waals surface area contributed by atoms with E-state index < -0.39 is 0 Å². The normalized spacial score (nSPS) is 14.8. The minimum atomic E-state index is -0.344. The molecule has 0 aromatic heterocycles. The van der Waals surface area contributed by atoms with Crippen molar-refractivity contribution in [2.75, 3.05) is 33.3 Å². The van der Waals surface area contributed by atoms with Crippen LogP contribution in [0.3, 0.4) is 0 Å². The Morgan fingerprint density at radius 2 is 1.70 bits per heavy atom. The Labute approximate surface area is 137 Å². The van der Waals surface area contributed by atoms with E-state index in [1.165, 1.54) is 7.11 Å². The first-order valence-electron chi connectivity index (χ1n) is 7.82. The van der Waals surface area contributed by atoms with Crippen molar-refractivity contribution in [2.45, 2.75) is 26.9 Å². The van der Waals surface area contributed by atoms with Crippen LogP contribution < -0.4 is 4.74 Å². The van der Waals surface area contributed by atoms with Gasteiger partial charge in [0.1, 0.15) is 5.75 Å². The third kappa shape index (κ3) is 4.15. The Morgan fingerprint density at radius 3 is 2.22 bits per heavy atom. The lowest BCUT2D eigenvalue weighted by Gasteiger charge is -2.34. The third-order valence-electron chi connectivity index (χ3n) is 3.78. The topological polar surface area (TPSA) is 59.1 Å². The molecule has 0 radical (unpaired) electrons. The molecule has 0 spiro atoms. The molecule has 23 heavy (non-hydrogen) atoms. The predicted molar refractivity (Wildman–Crippen MR) is 86.8 cm³/mol. The van der Waals surface area contributed by atoms with E-state index >= 15 is 0 Å². The molecule has 126 valence electrons. The second-order valence-electron chi connectivity index (χ2n) is 5.90. The molecule has 0 unspecified atom stereocenters. The van der Waals surface area contributed by atoms with Gasteiger partial charge in [-0.3, -0.25) is 4.79 Å². The SMILES string of the molecule is COC(=O)N1CCN(C(=O)c2ccc(OC(C)C)c(C)c2)CC1. The lowest BCUT2D eigenvalue weighted by molar-refractivity contribution is 0.0599. The third-order valence-corrected chi connectivity index (χ3v) is 3.78. The van der Waals surface area contributed by atoms with Crippen molar-refractivity contribution in [2.24, 2.45) is 0 Å². The Hall–Kier alpha value is -2.24. The molecule has 1 aromatic rings.